The van der Waals surface area contributed by atoms with Gasteiger partial charge in [-0.2, -0.15) is 0 Å². The number of carbonyl (C=O) groups excluding carboxylic acids is 1. The van der Waals surface area contributed by atoms with E-state index in [-0.39, 0.29) is 11.7 Å². The van der Waals surface area contributed by atoms with Crippen molar-refractivity contribution >= 4 is 46.6 Å². The van der Waals surface area contributed by atoms with Crippen LogP contribution in [0.3, 0.4) is 0 Å². The number of anilines is 1. The Bertz CT molecular complexity index is 879. The maximum absolute atomic E-state index is 12.1. The zero-order valence-corrected chi connectivity index (χ0v) is 15.6. The second-order valence-electron chi connectivity index (χ2n) is 5.22. The van der Waals surface area contributed by atoms with Gasteiger partial charge in [0.2, 0.25) is 5.91 Å². The first-order valence-corrected chi connectivity index (χ1v) is 9.10. The number of halogens is 2. The molecular weight excluding hydrogens is 379 g/mol. The monoisotopic (exact) mass is 392 g/mol. The normalized spacial score (nSPS) is 10.7. The van der Waals surface area contributed by atoms with Crippen molar-refractivity contribution in [1.29, 1.82) is 0 Å². The molecule has 0 fully saturated rings. The standard InChI is InChI=1S/C17H14Cl2N4OS/c1-23-16(11-2-4-12(18)5-3-11)21-22-17(23)25-10-15(24)20-14-8-6-13(19)7-9-14/h2-9H,10H2,1H3,(H,20,24). The maximum atomic E-state index is 12.1. The Morgan fingerprint density at radius 1 is 1.04 bits per heavy atom. The molecule has 25 heavy (non-hydrogen) atoms. The molecule has 0 unspecified atom stereocenters. The first-order valence-electron chi connectivity index (χ1n) is 7.36. The van der Waals surface area contributed by atoms with Crippen LogP contribution in [0.15, 0.2) is 53.7 Å². The topological polar surface area (TPSA) is 59.8 Å². The van der Waals surface area contributed by atoms with Gasteiger partial charge in [0.05, 0.1) is 5.75 Å². The highest BCUT2D eigenvalue weighted by atomic mass is 35.5. The molecule has 3 rings (SSSR count). The van der Waals surface area contributed by atoms with E-state index in [4.69, 9.17) is 23.2 Å². The third kappa shape index (κ3) is 4.54. The fourth-order valence-corrected chi connectivity index (χ4v) is 3.11. The van der Waals surface area contributed by atoms with Crippen LogP contribution in [0.1, 0.15) is 0 Å². The summed E-state index contributed by atoms with van der Waals surface area (Å²) in [5.74, 6) is 0.829. The molecule has 0 saturated carbocycles. The lowest BCUT2D eigenvalue weighted by atomic mass is 10.2. The molecule has 1 amide bonds. The summed E-state index contributed by atoms with van der Waals surface area (Å²) in [6, 6.07) is 14.3. The molecule has 0 aliphatic heterocycles. The van der Waals surface area contributed by atoms with Crippen LogP contribution < -0.4 is 5.32 Å². The van der Waals surface area contributed by atoms with Gasteiger partial charge in [-0.15, -0.1) is 10.2 Å². The number of hydrogen-bond acceptors (Lipinski definition) is 4. The van der Waals surface area contributed by atoms with Crippen LogP contribution in [0.5, 0.6) is 0 Å². The molecule has 0 atom stereocenters. The second-order valence-corrected chi connectivity index (χ2v) is 7.03. The minimum atomic E-state index is -0.122. The zero-order valence-electron chi connectivity index (χ0n) is 13.2. The highest BCUT2D eigenvalue weighted by Gasteiger charge is 2.13. The van der Waals surface area contributed by atoms with Gasteiger partial charge in [-0.25, -0.2) is 0 Å². The average molecular weight is 393 g/mol. The molecule has 8 heteroatoms. The Hall–Kier alpha value is -2.02. The smallest absolute Gasteiger partial charge is 0.234 e. The van der Waals surface area contributed by atoms with Crippen molar-refractivity contribution in [2.75, 3.05) is 11.1 Å². The number of carbonyl (C=O) groups is 1. The van der Waals surface area contributed by atoms with Gasteiger partial charge < -0.3 is 9.88 Å². The molecule has 0 aliphatic carbocycles. The Balaban J connectivity index is 1.62. The molecule has 5 nitrogen and oxygen atoms in total. The minimum absolute atomic E-state index is 0.122. The molecular formula is C17H14Cl2N4OS. The number of nitrogens with one attached hydrogen (secondary N) is 1. The van der Waals surface area contributed by atoms with Gasteiger partial charge in [0.15, 0.2) is 11.0 Å². The third-order valence-electron chi connectivity index (χ3n) is 3.40. The van der Waals surface area contributed by atoms with Crippen LogP contribution >= 0.6 is 35.0 Å². The lowest BCUT2D eigenvalue weighted by Gasteiger charge is -2.06. The van der Waals surface area contributed by atoms with Gasteiger partial charge in [0.25, 0.3) is 0 Å². The predicted octanol–water partition coefficient (Wildman–Crippen LogP) is 4.52. The lowest BCUT2D eigenvalue weighted by molar-refractivity contribution is -0.113. The molecule has 1 aromatic heterocycles. The van der Waals surface area contributed by atoms with E-state index in [2.05, 4.69) is 15.5 Å². The SMILES string of the molecule is Cn1c(SCC(=O)Nc2ccc(Cl)cc2)nnc1-c1ccc(Cl)cc1. The highest BCUT2D eigenvalue weighted by molar-refractivity contribution is 7.99. The molecule has 3 aromatic rings. The summed E-state index contributed by atoms with van der Waals surface area (Å²) in [7, 11) is 1.86. The van der Waals surface area contributed by atoms with E-state index in [0.29, 0.717) is 20.9 Å². The molecule has 1 heterocycles. The lowest BCUT2D eigenvalue weighted by Crippen LogP contribution is -2.14. The first kappa shape index (κ1) is 17.8. The summed E-state index contributed by atoms with van der Waals surface area (Å²) in [5, 5.41) is 13.1. The van der Waals surface area contributed by atoms with Crippen LogP contribution in [0.4, 0.5) is 5.69 Å². The van der Waals surface area contributed by atoms with Crippen LogP contribution in [-0.2, 0) is 11.8 Å². The van der Waals surface area contributed by atoms with Crippen molar-refractivity contribution in [3.63, 3.8) is 0 Å². The summed E-state index contributed by atoms with van der Waals surface area (Å²) in [6.45, 7) is 0. The van der Waals surface area contributed by atoms with Gasteiger partial charge >= 0.3 is 0 Å². The Labute approximate surface area is 159 Å². The van der Waals surface area contributed by atoms with Crippen molar-refractivity contribution in [3.8, 4) is 11.4 Å². The fourth-order valence-electron chi connectivity index (χ4n) is 2.15. The van der Waals surface area contributed by atoms with E-state index in [1.807, 2.05) is 23.7 Å². The molecule has 0 radical (unpaired) electrons. The molecule has 0 aliphatic rings. The van der Waals surface area contributed by atoms with Gasteiger partial charge in [0, 0.05) is 28.3 Å². The molecule has 0 spiro atoms. The third-order valence-corrected chi connectivity index (χ3v) is 4.92. The minimum Gasteiger partial charge on any atom is -0.325 e. The molecule has 1 N–H and O–H groups in total. The number of amides is 1. The van der Waals surface area contributed by atoms with Crippen molar-refractivity contribution < 1.29 is 4.79 Å². The number of benzene rings is 2. The highest BCUT2D eigenvalue weighted by Crippen LogP contribution is 2.24. The average Bonchev–Trinajstić information content (AvgIpc) is 2.97. The van der Waals surface area contributed by atoms with Crippen LogP contribution in [0, 0.1) is 0 Å². The summed E-state index contributed by atoms with van der Waals surface area (Å²) in [5.41, 5.74) is 1.62. The Kier molecular flexibility index (Phi) is 5.63. The molecule has 0 saturated heterocycles. The fraction of sp³-hybridized carbons (Fsp3) is 0.118. The largest absolute Gasteiger partial charge is 0.325 e. The number of nitrogens with zero attached hydrogens (tertiary/aromatic N) is 3. The van der Waals surface area contributed by atoms with E-state index >= 15 is 0 Å². The number of hydrogen-bond donors (Lipinski definition) is 1. The quantitative estimate of drug-likeness (QED) is 0.648. The van der Waals surface area contributed by atoms with E-state index < -0.39 is 0 Å². The Morgan fingerprint density at radius 2 is 1.64 bits per heavy atom. The Morgan fingerprint density at radius 3 is 2.28 bits per heavy atom. The molecule has 0 bridgehead atoms. The van der Waals surface area contributed by atoms with E-state index in [1.165, 1.54) is 11.8 Å². The van der Waals surface area contributed by atoms with E-state index in [0.717, 1.165) is 11.4 Å². The van der Waals surface area contributed by atoms with Crippen LogP contribution in [0.25, 0.3) is 11.4 Å². The van der Waals surface area contributed by atoms with Gasteiger partial charge in [-0.1, -0.05) is 35.0 Å². The van der Waals surface area contributed by atoms with E-state index in [9.17, 15) is 4.79 Å². The number of aromatic nitrogens is 3. The summed E-state index contributed by atoms with van der Waals surface area (Å²) < 4.78 is 1.85. The number of thioether (sulfide) groups is 1. The van der Waals surface area contributed by atoms with Crippen molar-refractivity contribution in [2.24, 2.45) is 7.05 Å². The van der Waals surface area contributed by atoms with Crippen LogP contribution in [0.2, 0.25) is 10.0 Å². The van der Waals surface area contributed by atoms with Crippen molar-refractivity contribution in [3.05, 3.63) is 58.6 Å². The van der Waals surface area contributed by atoms with Crippen molar-refractivity contribution in [2.45, 2.75) is 5.16 Å². The summed E-state index contributed by atoms with van der Waals surface area (Å²) >= 11 is 13.1. The first-order chi connectivity index (χ1) is 12.0. The predicted molar refractivity (Wildman–Crippen MR) is 102 cm³/mol. The van der Waals surface area contributed by atoms with Gasteiger partial charge in [0.1, 0.15) is 0 Å². The zero-order chi connectivity index (χ0) is 17.8. The summed E-state index contributed by atoms with van der Waals surface area (Å²) in [6.07, 6.45) is 0. The maximum Gasteiger partial charge on any atom is 0.234 e. The van der Waals surface area contributed by atoms with Gasteiger partial charge in [-0.3, -0.25) is 4.79 Å². The second kappa shape index (κ2) is 7.91. The van der Waals surface area contributed by atoms with Crippen LogP contribution in [-0.4, -0.2) is 26.4 Å². The molecule has 2 aromatic carbocycles. The molecule has 128 valence electrons. The van der Waals surface area contributed by atoms with Crippen molar-refractivity contribution in [1.82, 2.24) is 14.8 Å². The van der Waals surface area contributed by atoms with Gasteiger partial charge in [-0.05, 0) is 48.5 Å². The van der Waals surface area contributed by atoms with E-state index in [1.54, 1.807) is 36.4 Å². The summed E-state index contributed by atoms with van der Waals surface area (Å²) in [4.78, 5) is 12.1. The number of rotatable bonds is 5.